The number of carbonyl (C=O) groups is 1. The van der Waals surface area contributed by atoms with Crippen molar-refractivity contribution in [2.24, 2.45) is 0 Å². The standard InChI is InChI=1S/C27H35N3O3/c1-26(2,3)33-25(31)22-10-12-23(13-11-22)30(4)24(27(32)15-17-29-18-16-27)14-9-20-5-7-21(19-28)8-6-20/h5-8,10-13,24,29,32H,9,14-18H2,1-4H3. The minimum Gasteiger partial charge on any atom is -0.456 e. The fourth-order valence-corrected chi connectivity index (χ4v) is 4.41. The molecule has 1 fully saturated rings. The lowest BCUT2D eigenvalue weighted by molar-refractivity contribution is -0.0167. The van der Waals surface area contributed by atoms with Gasteiger partial charge in [0.05, 0.1) is 28.8 Å². The van der Waals surface area contributed by atoms with Gasteiger partial charge < -0.3 is 20.1 Å². The lowest BCUT2D eigenvalue weighted by atomic mass is 9.81. The Morgan fingerprint density at radius 2 is 1.76 bits per heavy atom. The van der Waals surface area contributed by atoms with Crippen LogP contribution in [0.4, 0.5) is 5.69 Å². The van der Waals surface area contributed by atoms with Crippen LogP contribution in [0.2, 0.25) is 0 Å². The van der Waals surface area contributed by atoms with E-state index in [1.54, 1.807) is 12.1 Å². The first-order chi connectivity index (χ1) is 15.6. The molecular weight excluding hydrogens is 414 g/mol. The topological polar surface area (TPSA) is 85.6 Å². The van der Waals surface area contributed by atoms with Crippen molar-refractivity contribution < 1.29 is 14.6 Å². The Hall–Kier alpha value is -2.88. The van der Waals surface area contributed by atoms with Crippen LogP contribution in [0.25, 0.3) is 0 Å². The third-order valence-corrected chi connectivity index (χ3v) is 6.26. The first-order valence-electron chi connectivity index (χ1n) is 11.6. The highest BCUT2D eigenvalue weighted by molar-refractivity contribution is 5.90. The molecule has 1 unspecified atom stereocenters. The molecule has 0 saturated carbocycles. The van der Waals surface area contributed by atoms with Gasteiger partial charge in [0.1, 0.15) is 5.60 Å². The van der Waals surface area contributed by atoms with Crippen LogP contribution >= 0.6 is 0 Å². The average Bonchev–Trinajstić information content (AvgIpc) is 2.79. The molecule has 1 saturated heterocycles. The van der Waals surface area contributed by atoms with Crippen LogP contribution in [0.3, 0.4) is 0 Å². The molecule has 1 heterocycles. The number of aryl methyl sites for hydroxylation is 1. The molecule has 1 atom stereocenters. The number of esters is 1. The SMILES string of the molecule is CN(c1ccc(C(=O)OC(C)(C)C)cc1)C(CCc1ccc(C#N)cc1)C1(O)CCNCC1. The maximum absolute atomic E-state index is 12.4. The molecule has 2 N–H and O–H groups in total. The molecule has 0 radical (unpaired) electrons. The van der Waals surface area contributed by atoms with Gasteiger partial charge in [0.15, 0.2) is 0 Å². The summed E-state index contributed by atoms with van der Waals surface area (Å²) in [6.07, 6.45) is 2.94. The van der Waals surface area contributed by atoms with E-state index >= 15 is 0 Å². The number of rotatable bonds is 7. The predicted octanol–water partition coefficient (Wildman–Crippen LogP) is 4.07. The highest BCUT2D eigenvalue weighted by Crippen LogP contribution is 2.32. The van der Waals surface area contributed by atoms with Gasteiger partial charge in [-0.15, -0.1) is 0 Å². The summed E-state index contributed by atoms with van der Waals surface area (Å²) in [7, 11) is 2.01. The molecular formula is C27H35N3O3. The van der Waals surface area contributed by atoms with Crippen LogP contribution in [0, 0.1) is 11.3 Å². The van der Waals surface area contributed by atoms with E-state index < -0.39 is 11.2 Å². The van der Waals surface area contributed by atoms with E-state index in [0.29, 0.717) is 24.0 Å². The second-order valence-corrected chi connectivity index (χ2v) is 9.88. The van der Waals surface area contributed by atoms with Gasteiger partial charge >= 0.3 is 5.97 Å². The predicted molar refractivity (Wildman–Crippen MR) is 130 cm³/mol. The van der Waals surface area contributed by atoms with Gasteiger partial charge in [-0.2, -0.15) is 5.26 Å². The lowest BCUT2D eigenvalue weighted by Crippen LogP contribution is -2.56. The van der Waals surface area contributed by atoms with Crippen molar-refractivity contribution in [3.8, 4) is 6.07 Å². The second kappa shape index (κ2) is 10.4. The van der Waals surface area contributed by atoms with Crippen molar-refractivity contribution in [1.29, 1.82) is 5.26 Å². The van der Waals surface area contributed by atoms with Gasteiger partial charge in [-0.25, -0.2) is 4.79 Å². The molecule has 33 heavy (non-hydrogen) atoms. The van der Waals surface area contributed by atoms with Crippen molar-refractivity contribution in [2.75, 3.05) is 25.0 Å². The zero-order valence-electron chi connectivity index (χ0n) is 20.1. The normalized spacial score (nSPS) is 16.5. The Balaban J connectivity index is 1.78. The van der Waals surface area contributed by atoms with Crippen molar-refractivity contribution in [3.05, 3.63) is 65.2 Å². The number of benzene rings is 2. The number of piperidine rings is 1. The molecule has 0 amide bonds. The summed E-state index contributed by atoms with van der Waals surface area (Å²) >= 11 is 0. The largest absolute Gasteiger partial charge is 0.456 e. The molecule has 0 bridgehead atoms. The van der Waals surface area contributed by atoms with Crippen LogP contribution < -0.4 is 10.2 Å². The van der Waals surface area contributed by atoms with Crippen LogP contribution in [0.5, 0.6) is 0 Å². The van der Waals surface area contributed by atoms with Gasteiger partial charge in [0.2, 0.25) is 0 Å². The lowest BCUT2D eigenvalue weighted by Gasteiger charge is -2.45. The van der Waals surface area contributed by atoms with Crippen LogP contribution in [-0.4, -0.2) is 48.5 Å². The fraction of sp³-hybridized carbons (Fsp3) is 0.481. The minimum absolute atomic E-state index is 0.0948. The third-order valence-electron chi connectivity index (χ3n) is 6.26. The van der Waals surface area contributed by atoms with Crippen LogP contribution in [-0.2, 0) is 11.2 Å². The van der Waals surface area contributed by atoms with Crippen molar-refractivity contribution in [1.82, 2.24) is 5.32 Å². The summed E-state index contributed by atoms with van der Waals surface area (Å²) in [4.78, 5) is 14.5. The Morgan fingerprint density at radius 1 is 1.15 bits per heavy atom. The number of nitrogens with zero attached hydrogens (tertiary/aromatic N) is 2. The number of nitriles is 1. The molecule has 2 aromatic carbocycles. The first kappa shape index (κ1) is 24.8. The number of hydrogen-bond acceptors (Lipinski definition) is 6. The van der Waals surface area contributed by atoms with Gasteiger partial charge in [-0.1, -0.05) is 12.1 Å². The second-order valence-electron chi connectivity index (χ2n) is 9.88. The first-order valence-corrected chi connectivity index (χ1v) is 11.6. The molecule has 6 nitrogen and oxygen atoms in total. The highest BCUT2D eigenvalue weighted by Gasteiger charge is 2.40. The number of nitrogens with one attached hydrogen (secondary N) is 1. The monoisotopic (exact) mass is 449 g/mol. The average molecular weight is 450 g/mol. The summed E-state index contributed by atoms with van der Waals surface area (Å²) < 4.78 is 5.47. The third kappa shape index (κ3) is 6.56. The Kier molecular flexibility index (Phi) is 7.78. The number of carbonyl (C=O) groups excluding carboxylic acids is 1. The Morgan fingerprint density at radius 3 is 2.30 bits per heavy atom. The molecule has 0 aromatic heterocycles. The van der Waals surface area contributed by atoms with E-state index in [2.05, 4.69) is 16.3 Å². The summed E-state index contributed by atoms with van der Waals surface area (Å²) in [5, 5.41) is 24.0. The van der Waals surface area contributed by atoms with E-state index in [4.69, 9.17) is 10.00 Å². The molecule has 1 aliphatic rings. The van der Waals surface area contributed by atoms with E-state index in [1.165, 1.54) is 0 Å². The zero-order chi connectivity index (χ0) is 24.1. The number of anilines is 1. The van der Waals surface area contributed by atoms with Gasteiger partial charge in [-0.05, 0) is 102 Å². The fourth-order valence-electron chi connectivity index (χ4n) is 4.41. The van der Waals surface area contributed by atoms with E-state index in [9.17, 15) is 9.90 Å². The Bertz CT molecular complexity index is 966. The maximum Gasteiger partial charge on any atom is 0.338 e. The summed E-state index contributed by atoms with van der Waals surface area (Å²) in [5.74, 6) is -0.342. The Labute approximate surface area is 197 Å². The van der Waals surface area contributed by atoms with Crippen molar-refractivity contribution >= 4 is 11.7 Å². The van der Waals surface area contributed by atoms with Crippen molar-refractivity contribution in [3.63, 3.8) is 0 Å². The number of hydrogen-bond donors (Lipinski definition) is 2. The molecule has 6 heteroatoms. The molecule has 176 valence electrons. The smallest absolute Gasteiger partial charge is 0.338 e. The van der Waals surface area contributed by atoms with Crippen LogP contribution in [0.15, 0.2) is 48.5 Å². The number of ether oxygens (including phenoxy) is 1. The van der Waals surface area contributed by atoms with Gasteiger partial charge in [-0.3, -0.25) is 0 Å². The summed E-state index contributed by atoms with van der Waals surface area (Å²) in [6, 6.07) is 17.1. The van der Waals surface area contributed by atoms with Crippen LogP contribution in [0.1, 0.15) is 61.5 Å². The van der Waals surface area contributed by atoms with E-state index in [1.807, 2.05) is 64.2 Å². The van der Waals surface area contributed by atoms with E-state index in [0.717, 1.165) is 37.2 Å². The molecule has 0 aliphatic carbocycles. The number of aliphatic hydroxyl groups is 1. The van der Waals surface area contributed by atoms with E-state index in [-0.39, 0.29) is 12.0 Å². The quantitative estimate of drug-likeness (QED) is 0.620. The minimum atomic E-state index is -0.809. The molecule has 3 rings (SSSR count). The maximum atomic E-state index is 12.4. The number of likely N-dealkylation sites (N-methyl/N-ethyl adjacent to an activating group) is 1. The molecule has 2 aromatic rings. The highest BCUT2D eigenvalue weighted by atomic mass is 16.6. The van der Waals surface area contributed by atoms with Gasteiger partial charge in [0, 0.05) is 12.7 Å². The molecule has 0 spiro atoms. The zero-order valence-corrected chi connectivity index (χ0v) is 20.1. The summed E-state index contributed by atoms with van der Waals surface area (Å²) in [6.45, 7) is 7.13. The van der Waals surface area contributed by atoms with Crippen molar-refractivity contribution in [2.45, 2.75) is 63.7 Å². The molecule has 1 aliphatic heterocycles. The summed E-state index contributed by atoms with van der Waals surface area (Å²) in [5.41, 5.74) is 1.90. The van der Waals surface area contributed by atoms with Gasteiger partial charge in [0.25, 0.3) is 0 Å².